The molecule has 7 heteroatoms. The van der Waals surface area contributed by atoms with E-state index in [9.17, 15) is 24.6 Å². The van der Waals surface area contributed by atoms with Crippen LogP contribution in [0, 0.1) is 35.5 Å². The first-order chi connectivity index (χ1) is 17.4. The van der Waals surface area contributed by atoms with E-state index in [1.807, 2.05) is 12.2 Å². The van der Waals surface area contributed by atoms with Gasteiger partial charge in [0.2, 0.25) is 5.91 Å². The minimum Gasteiger partial charge on any atom is -0.507 e. The second-order valence-electron chi connectivity index (χ2n) is 11.2. The SMILES string of the molecule is CCC1=C(CO)[C@H]2[C@@H](C1)C[C@@H]1[C@@H]2CC[C@@H]2C=CC(O)=C3C(=O)N[C@@H](CCCNC(=O)C=CC[C@@H]12)C3=O. The van der Waals surface area contributed by atoms with Crippen LogP contribution in [0.15, 0.2) is 46.8 Å². The van der Waals surface area contributed by atoms with E-state index < -0.39 is 11.9 Å². The molecule has 194 valence electrons. The number of hydrogen-bond acceptors (Lipinski definition) is 5. The van der Waals surface area contributed by atoms with Gasteiger partial charge in [0.25, 0.3) is 5.91 Å². The summed E-state index contributed by atoms with van der Waals surface area (Å²) in [5.74, 6) is 1.23. The Balaban J connectivity index is 1.45. The summed E-state index contributed by atoms with van der Waals surface area (Å²) in [5, 5.41) is 26.4. The standard InChI is InChI=1S/C29H38N2O5/c1-2-16-13-18-14-21-19-5-3-7-25(34)30-12-4-6-23-28(35)27(29(36)31-23)24(33)11-9-17(19)8-10-20(21)26(18)22(16)15-32/h3,7,9,11,17-21,23,26,32-33H,2,4-6,8,10,12-15H2,1H3,(H,30,34)(H,31,36)/t17-,18+,19-,20+,21+,23+,26+/m1/s1. The van der Waals surface area contributed by atoms with Crippen molar-refractivity contribution in [3.05, 3.63) is 46.8 Å². The molecule has 2 heterocycles. The normalized spacial score (nSPS) is 37.1. The van der Waals surface area contributed by atoms with Crippen molar-refractivity contribution in [2.75, 3.05) is 13.2 Å². The predicted octanol–water partition coefficient (Wildman–Crippen LogP) is 3.28. The summed E-state index contributed by atoms with van der Waals surface area (Å²) >= 11 is 0. The Kier molecular flexibility index (Phi) is 7.20. The maximum atomic E-state index is 12.8. The molecule has 2 saturated carbocycles. The molecule has 2 amide bonds. The average molecular weight is 495 g/mol. The number of fused-ring (bicyclic) bond motifs is 7. The van der Waals surface area contributed by atoms with E-state index in [0.29, 0.717) is 49.0 Å². The lowest BCUT2D eigenvalue weighted by Gasteiger charge is -2.41. The third kappa shape index (κ3) is 4.47. The molecule has 7 nitrogen and oxygen atoms in total. The molecule has 5 aliphatic rings. The van der Waals surface area contributed by atoms with Gasteiger partial charge in [-0.2, -0.15) is 0 Å². The largest absolute Gasteiger partial charge is 0.507 e. The van der Waals surface area contributed by atoms with Crippen molar-refractivity contribution in [3.63, 3.8) is 0 Å². The van der Waals surface area contributed by atoms with Crippen LogP contribution in [0.1, 0.15) is 58.3 Å². The van der Waals surface area contributed by atoms with Crippen LogP contribution in [-0.2, 0) is 14.4 Å². The van der Waals surface area contributed by atoms with Crippen LogP contribution in [0.25, 0.3) is 0 Å². The molecule has 0 spiro atoms. The van der Waals surface area contributed by atoms with E-state index in [0.717, 1.165) is 38.5 Å². The Bertz CT molecular complexity index is 1050. The number of nitrogens with one attached hydrogen (secondary N) is 2. The zero-order valence-electron chi connectivity index (χ0n) is 21.0. The van der Waals surface area contributed by atoms with Gasteiger partial charge in [-0.15, -0.1) is 0 Å². The molecular formula is C29H38N2O5. The zero-order chi connectivity index (χ0) is 25.4. The van der Waals surface area contributed by atoms with Crippen LogP contribution in [0.4, 0.5) is 0 Å². The molecule has 3 fully saturated rings. The Morgan fingerprint density at radius 3 is 2.67 bits per heavy atom. The van der Waals surface area contributed by atoms with Gasteiger partial charge in [0.05, 0.1) is 12.6 Å². The van der Waals surface area contributed by atoms with E-state index >= 15 is 0 Å². The fourth-order valence-electron chi connectivity index (χ4n) is 7.94. The number of rotatable bonds is 2. The van der Waals surface area contributed by atoms with Gasteiger partial charge in [0.1, 0.15) is 11.3 Å². The molecule has 1 saturated heterocycles. The highest BCUT2D eigenvalue weighted by Gasteiger charge is 2.52. The maximum Gasteiger partial charge on any atom is 0.259 e. The molecule has 4 N–H and O–H groups in total. The number of Topliss-reactive ketones (excluding diaryl/α,β-unsaturated/α-hetero) is 1. The summed E-state index contributed by atoms with van der Waals surface area (Å²) in [5.41, 5.74) is 2.56. The molecule has 36 heavy (non-hydrogen) atoms. The van der Waals surface area contributed by atoms with Gasteiger partial charge in [-0.1, -0.05) is 24.6 Å². The van der Waals surface area contributed by atoms with Crippen molar-refractivity contribution in [1.82, 2.24) is 10.6 Å². The predicted molar refractivity (Wildman–Crippen MR) is 136 cm³/mol. The van der Waals surface area contributed by atoms with E-state index in [4.69, 9.17) is 0 Å². The Labute approximate surface area is 212 Å². The van der Waals surface area contributed by atoms with Crippen LogP contribution in [-0.4, -0.2) is 47.0 Å². The minimum atomic E-state index is -0.661. The van der Waals surface area contributed by atoms with Gasteiger partial charge in [-0.05, 0) is 105 Å². The number of aliphatic hydroxyl groups excluding tert-OH is 2. The number of amides is 2. The maximum absolute atomic E-state index is 12.8. The van der Waals surface area contributed by atoms with Gasteiger partial charge >= 0.3 is 0 Å². The average Bonchev–Trinajstić information content (AvgIpc) is 3.49. The molecule has 2 bridgehead atoms. The van der Waals surface area contributed by atoms with E-state index in [1.165, 1.54) is 11.1 Å². The Hall–Kier alpha value is -2.67. The Morgan fingerprint density at radius 1 is 1.06 bits per heavy atom. The third-order valence-electron chi connectivity index (χ3n) is 9.49. The number of hydrogen-bond donors (Lipinski definition) is 4. The minimum absolute atomic E-state index is 0.136. The lowest BCUT2D eigenvalue weighted by atomic mass is 9.64. The number of ketones is 1. The third-order valence-corrected chi connectivity index (χ3v) is 9.49. The number of allylic oxidation sites excluding steroid dienone is 4. The van der Waals surface area contributed by atoms with Gasteiger partial charge in [-0.3, -0.25) is 14.4 Å². The first-order valence-corrected chi connectivity index (χ1v) is 13.6. The second-order valence-corrected chi connectivity index (χ2v) is 11.2. The highest BCUT2D eigenvalue weighted by atomic mass is 16.3. The van der Waals surface area contributed by atoms with Crippen LogP contribution in [0.5, 0.6) is 0 Å². The van der Waals surface area contributed by atoms with Crippen molar-refractivity contribution in [2.24, 2.45) is 35.5 Å². The van der Waals surface area contributed by atoms with E-state index in [1.54, 1.807) is 12.2 Å². The summed E-state index contributed by atoms with van der Waals surface area (Å²) in [6.07, 6.45) is 14.1. The Morgan fingerprint density at radius 2 is 1.89 bits per heavy atom. The van der Waals surface area contributed by atoms with Crippen LogP contribution >= 0.6 is 0 Å². The molecule has 0 aromatic carbocycles. The highest BCUT2D eigenvalue weighted by molar-refractivity contribution is 6.27. The molecule has 0 radical (unpaired) electrons. The molecule has 0 unspecified atom stereocenters. The molecule has 2 aliphatic heterocycles. The summed E-state index contributed by atoms with van der Waals surface area (Å²) < 4.78 is 0. The van der Waals surface area contributed by atoms with Crippen molar-refractivity contribution in [2.45, 2.75) is 64.3 Å². The summed E-state index contributed by atoms with van der Waals surface area (Å²) in [6, 6.07) is -0.661. The van der Waals surface area contributed by atoms with Crippen LogP contribution in [0.3, 0.4) is 0 Å². The zero-order valence-corrected chi connectivity index (χ0v) is 21.0. The van der Waals surface area contributed by atoms with Crippen molar-refractivity contribution >= 4 is 17.6 Å². The first-order valence-electron chi connectivity index (χ1n) is 13.6. The molecule has 7 atom stereocenters. The summed E-state index contributed by atoms with van der Waals surface area (Å²) in [4.78, 5) is 37.6. The molecule has 3 aliphatic carbocycles. The molecule has 0 aromatic rings. The van der Waals surface area contributed by atoms with E-state index in [-0.39, 0.29) is 35.5 Å². The molecule has 5 rings (SSSR count). The van der Waals surface area contributed by atoms with Gasteiger partial charge in [-0.25, -0.2) is 0 Å². The molecular weight excluding hydrogens is 456 g/mol. The number of aliphatic hydroxyl groups is 2. The van der Waals surface area contributed by atoms with Crippen molar-refractivity contribution in [3.8, 4) is 0 Å². The fraction of sp³-hybridized carbons (Fsp3) is 0.621. The van der Waals surface area contributed by atoms with Crippen LogP contribution < -0.4 is 10.6 Å². The number of carbonyl (C=O) groups excluding carboxylic acids is 3. The summed E-state index contributed by atoms with van der Waals surface area (Å²) in [6.45, 7) is 2.76. The first kappa shape index (κ1) is 25.0. The fourth-order valence-corrected chi connectivity index (χ4v) is 7.94. The van der Waals surface area contributed by atoms with Crippen LogP contribution in [0.2, 0.25) is 0 Å². The quantitative estimate of drug-likeness (QED) is 0.347. The summed E-state index contributed by atoms with van der Waals surface area (Å²) in [7, 11) is 0. The van der Waals surface area contributed by atoms with Crippen molar-refractivity contribution < 1.29 is 24.6 Å². The van der Waals surface area contributed by atoms with Crippen molar-refractivity contribution in [1.29, 1.82) is 0 Å². The van der Waals surface area contributed by atoms with Gasteiger partial charge < -0.3 is 20.8 Å². The monoisotopic (exact) mass is 494 g/mol. The second kappa shape index (κ2) is 10.4. The topological polar surface area (TPSA) is 116 Å². The number of carbonyl (C=O) groups is 3. The molecule has 0 aromatic heterocycles. The lowest BCUT2D eigenvalue weighted by Crippen LogP contribution is -2.33. The highest BCUT2D eigenvalue weighted by Crippen LogP contribution is 2.60. The smallest absolute Gasteiger partial charge is 0.259 e. The van der Waals surface area contributed by atoms with Gasteiger partial charge in [0, 0.05) is 6.54 Å². The van der Waals surface area contributed by atoms with Gasteiger partial charge in [0.15, 0.2) is 5.78 Å². The van der Waals surface area contributed by atoms with E-state index in [2.05, 4.69) is 17.6 Å². The lowest BCUT2D eigenvalue weighted by molar-refractivity contribution is -0.118.